The number of amides is 3. The number of carboxylic acid groups (broad SMARTS) is 2. The third kappa shape index (κ3) is 19.4. The summed E-state index contributed by atoms with van der Waals surface area (Å²) in [6.45, 7) is 3.55. The molecule has 0 aromatic carbocycles. The molecule has 5 N–H and O–H groups in total. The molecule has 0 heterocycles. The van der Waals surface area contributed by atoms with Crippen molar-refractivity contribution in [2.75, 3.05) is 13.1 Å². The van der Waals surface area contributed by atoms with Gasteiger partial charge in [-0.3, -0.25) is 9.59 Å². The highest BCUT2D eigenvalue weighted by atomic mass is 16.4. The monoisotopic (exact) mass is 455 g/mol. The van der Waals surface area contributed by atoms with Gasteiger partial charge in [-0.1, -0.05) is 44.8 Å². The molecule has 0 aliphatic rings. The SMILES string of the molecule is CCCCCNC(=O)NCCCC/C=C\CCCCCCC(=O)N[C@H](CC(=O)O)C(=O)O. The van der Waals surface area contributed by atoms with E-state index in [1.54, 1.807) is 0 Å². The van der Waals surface area contributed by atoms with Gasteiger partial charge in [-0.15, -0.1) is 0 Å². The number of aliphatic carboxylic acids is 2. The van der Waals surface area contributed by atoms with E-state index >= 15 is 0 Å². The molecular weight excluding hydrogens is 414 g/mol. The fourth-order valence-electron chi connectivity index (χ4n) is 3.01. The van der Waals surface area contributed by atoms with Crippen molar-refractivity contribution < 1.29 is 29.4 Å². The van der Waals surface area contributed by atoms with Crippen molar-refractivity contribution in [2.45, 2.75) is 96.4 Å². The summed E-state index contributed by atoms with van der Waals surface area (Å²) in [5, 5.41) is 25.5. The molecule has 9 nitrogen and oxygen atoms in total. The number of carbonyl (C=O) groups is 4. The van der Waals surface area contributed by atoms with E-state index in [1.807, 2.05) is 0 Å². The molecule has 184 valence electrons. The summed E-state index contributed by atoms with van der Waals surface area (Å²) in [5.41, 5.74) is 0. The number of hydrogen-bond donors (Lipinski definition) is 5. The van der Waals surface area contributed by atoms with Crippen molar-refractivity contribution in [3.63, 3.8) is 0 Å². The summed E-state index contributed by atoms with van der Waals surface area (Å²) in [6.07, 6.45) is 14.6. The quantitative estimate of drug-likeness (QED) is 0.140. The fourth-order valence-corrected chi connectivity index (χ4v) is 3.01. The lowest BCUT2D eigenvalue weighted by Crippen LogP contribution is -2.42. The van der Waals surface area contributed by atoms with Crippen LogP contribution in [0.25, 0.3) is 0 Å². The van der Waals surface area contributed by atoms with Gasteiger partial charge in [0.15, 0.2) is 0 Å². The number of nitrogens with one attached hydrogen (secondary N) is 3. The summed E-state index contributed by atoms with van der Waals surface area (Å²) in [6, 6.07) is -1.47. The molecule has 0 spiro atoms. The second-order valence-electron chi connectivity index (χ2n) is 7.87. The molecule has 3 amide bonds. The molecule has 0 unspecified atom stereocenters. The van der Waals surface area contributed by atoms with Gasteiger partial charge in [-0.2, -0.15) is 0 Å². The highest BCUT2D eigenvalue weighted by Gasteiger charge is 2.22. The van der Waals surface area contributed by atoms with Gasteiger partial charge in [0.05, 0.1) is 6.42 Å². The zero-order valence-electron chi connectivity index (χ0n) is 19.4. The lowest BCUT2D eigenvalue weighted by molar-refractivity contribution is -0.147. The van der Waals surface area contributed by atoms with Gasteiger partial charge in [-0.25, -0.2) is 9.59 Å². The Labute approximate surface area is 191 Å². The number of hydrogen-bond acceptors (Lipinski definition) is 4. The minimum Gasteiger partial charge on any atom is -0.481 e. The average molecular weight is 456 g/mol. The molecule has 0 aliphatic heterocycles. The van der Waals surface area contributed by atoms with Crippen molar-refractivity contribution in [1.82, 2.24) is 16.0 Å². The molecule has 1 atom stereocenters. The first-order valence-corrected chi connectivity index (χ1v) is 11.8. The maximum absolute atomic E-state index is 11.7. The van der Waals surface area contributed by atoms with E-state index in [-0.39, 0.29) is 12.5 Å². The maximum Gasteiger partial charge on any atom is 0.326 e. The highest BCUT2D eigenvalue weighted by molar-refractivity contribution is 5.86. The Morgan fingerprint density at radius 3 is 1.91 bits per heavy atom. The molecule has 0 aromatic rings. The lowest BCUT2D eigenvalue weighted by atomic mass is 10.1. The third-order valence-corrected chi connectivity index (χ3v) is 4.85. The molecule has 0 radical (unpaired) electrons. The van der Waals surface area contributed by atoms with Gasteiger partial charge in [-0.05, 0) is 44.9 Å². The normalized spacial score (nSPS) is 11.8. The summed E-state index contributed by atoms with van der Waals surface area (Å²) in [5.74, 6) is -3.03. The lowest BCUT2D eigenvalue weighted by Gasteiger charge is -2.12. The van der Waals surface area contributed by atoms with Gasteiger partial charge in [0, 0.05) is 19.5 Å². The van der Waals surface area contributed by atoms with Crippen LogP contribution in [0.3, 0.4) is 0 Å². The number of carbonyl (C=O) groups excluding carboxylic acids is 2. The molecule has 32 heavy (non-hydrogen) atoms. The summed E-state index contributed by atoms with van der Waals surface area (Å²) in [4.78, 5) is 44.8. The molecule has 0 aromatic heterocycles. The number of rotatable bonds is 20. The van der Waals surface area contributed by atoms with E-state index in [4.69, 9.17) is 10.2 Å². The Morgan fingerprint density at radius 2 is 1.34 bits per heavy atom. The van der Waals surface area contributed by atoms with Gasteiger partial charge < -0.3 is 26.2 Å². The zero-order valence-corrected chi connectivity index (χ0v) is 19.4. The van der Waals surface area contributed by atoms with Crippen LogP contribution in [0, 0.1) is 0 Å². The first kappa shape index (κ1) is 29.4. The molecule has 0 rings (SSSR count). The fraction of sp³-hybridized carbons (Fsp3) is 0.739. The van der Waals surface area contributed by atoms with Crippen LogP contribution in [0.5, 0.6) is 0 Å². The second-order valence-corrected chi connectivity index (χ2v) is 7.87. The Balaban J connectivity index is 3.54. The van der Waals surface area contributed by atoms with Crippen LogP contribution in [-0.4, -0.2) is 53.2 Å². The third-order valence-electron chi connectivity index (χ3n) is 4.85. The van der Waals surface area contributed by atoms with Crippen LogP contribution in [0.15, 0.2) is 12.2 Å². The van der Waals surface area contributed by atoms with E-state index in [0.717, 1.165) is 70.8 Å². The molecule has 0 fully saturated rings. The Bertz CT molecular complexity index is 580. The average Bonchev–Trinajstić information content (AvgIpc) is 2.73. The van der Waals surface area contributed by atoms with Crippen molar-refractivity contribution in [1.29, 1.82) is 0 Å². The molecule has 0 saturated carbocycles. The van der Waals surface area contributed by atoms with Crippen molar-refractivity contribution in [3.05, 3.63) is 12.2 Å². The van der Waals surface area contributed by atoms with Crippen LogP contribution in [-0.2, 0) is 14.4 Å². The maximum atomic E-state index is 11.7. The molecule has 9 heteroatoms. The highest BCUT2D eigenvalue weighted by Crippen LogP contribution is 2.07. The Kier molecular flexibility index (Phi) is 18.7. The van der Waals surface area contributed by atoms with Gasteiger partial charge in [0.1, 0.15) is 6.04 Å². The van der Waals surface area contributed by atoms with Crippen LogP contribution < -0.4 is 16.0 Å². The van der Waals surface area contributed by atoms with Crippen LogP contribution >= 0.6 is 0 Å². The minimum absolute atomic E-state index is 0.0870. The van der Waals surface area contributed by atoms with Crippen LogP contribution in [0.4, 0.5) is 4.79 Å². The van der Waals surface area contributed by atoms with Crippen LogP contribution in [0.1, 0.15) is 90.4 Å². The number of unbranched alkanes of at least 4 members (excludes halogenated alkanes) is 8. The minimum atomic E-state index is -1.38. The second kappa shape index (κ2) is 20.3. The largest absolute Gasteiger partial charge is 0.481 e. The Hall–Kier alpha value is -2.58. The zero-order chi connectivity index (χ0) is 24.0. The van der Waals surface area contributed by atoms with Gasteiger partial charge in [0.25, 0.3) is 0 Å². The predicted octanol–water partition coefficient (Wildman–Crippen LogP) is 3.59. The molecule has 0 bridgehead atoms. The summed E-state index contributed by atoms with van der Waals surface area (Å²) in [7, 11) is 0. The van der Waals surface area contributed by atoms with Gasteiger partial charge in [0.2, 0.25) is 5.91 Å². The molecular formula is C23H41N3O6. The number of allylic oxidation sites excluding steroid dienone is 2. The van der Waals surface area contributed by atoms with Crippen LogP contribution in [0.2, 0.25) is 0 Å². The van der Waals surface area contributed by atoms with Crippen molar-refractivity contribution in [2.24, 2.45) is 0 Å². The predicted molar refractivity (Wildman–Crippen MR) is 123 cm³/mol. The first-order chi connectivity index (χ1) is 15.4. The molecule has 0 saturated heterocycles. The van der Waals surface area contributed by atoms with Gasteiger partial charge >= 0.3 is 18.0 Å². The number of carboxylic acids is 2. The summed E-state index contributed by atoms with van der Waals surface area (Å²) >= 11 is 0. The van der Waals surface area contributed by atoms with E-state index < -0.39 is 30.3 Å². The van der Waals surface area contributed by atoms with Crippen molar-refractivity contribution in [3.8, 4) is 0 Å². The van der Waals surface area contributed by atoms with E-state index in [9.17, 15) is 19.2 Å². The smallest absolute Gasteiger partial charge is 0.326 e. The number of urea groups is 1. The summed E-state index contributed by atoms with van der Waals surface area (Å²) < 4.78 is 0. The van der Waals surface area contributed by atoms with E-state index in [2.05, 4.69) is 35.0 Å². The van der Waals surface area contributed by atoms with E-state index in [1.165, 1.54) is 0 Å². The van der Waals surface area contributed by atoms with E-state index in [0.29, 0.717) is 13.0 Å². The van der Waals surface area contributed by atoms with Crippen molar-refractivity contribution >= 4 is 23.9 Å². The topological polar surface area (TPSA) is 145 Å². The first-order valence-electron chi connectivity index (χ1n) is 11.8. The Morgan fingerprint density at radius 1 is 0.781 bits per heavy atom. The standard InChI is InChI=1S/C23H41N3O6/c1-2-3-13-16-24-23(32)25-17-14-11-9-7-5-4-6-8-10-12-15-20(27)26-19(22(30)31)18-21(28)29/h5,7,19H,2-4,6,8-18H2,1H3,(H,26,27)(H,28,29)(H,30,31)(H2,24,25,32)/b7-5-/t19-/m1/s1. The molecule has 0 aliphatic carbocycles.